The average molecular weight is 246 g/mol. The normalized spacial score (nSPS) is 10.9. The van der Waals surface area contributed by atoms with Crippen molar-refractivity contribution in [3.8, 4) is 11.4 Å². The summed E-state index contributed by atoms with van der Waals surface area (Å²) in [6.07, 6.45) is 3.20. The van der Waals surface area contributed by atoms with E-state index in [0.717, 1.165) is 5.52 Å². The van der Waals surface area contributed by atoms with E-state index in [9.17, 15) is 4.79 Å². The number of halogens is 1. The van der Waals surface area contributed by atoms with Gasteiger partial charge in [-0.3, -0.25) is 4.79 Å². The highest BCUT2D eigenvalue weighted by molar-refractivity contribution is 6.34. The minimum absolute atomic E-state index is 0.0843. The molecule has 3 aromatic rings. The Morgan fingerprint density at radius 3 is 2.88 bits per heavy atom. The summed E-state index contributed by atoms with van der Waals surface area (Å²) in [5.74, 6) is 0.523. The Morgan fingerprint density at radius 2 is 2.12 bits per heavy atom. The van der Waals surface area contributed by atoms with Gasteiger partial charge in [-0.05, 0) is 12.1 Å². The highest BCUT2D eigenvalue weighted by atomic mass is 35.5. The van der Waals surface area contributed by atoms with Gasteiger partial charge in [-0.1, -0.05) is 17.7 Å². The van der Waals surface area contributed by atoms with Crippen molar-refractivity contribution in [3.05, 3.63) is 51.9 Å². The van der Waals surface area contributed by atoms with Crippen LogP contribution in [0.4, 0.5) is 0 Å². The van der Waals surface area contributed by atoms with Crippen molar-refractivity contribution in [2.75, 3.05) is 0 Å². The van der Waals surface area contributed by atoms with Crippen LogP contribution in [0.2, 0.25) is 5.02 Å². The quantitative estimate of drug-likeness (QED) is 0.692. The fourth-order valence-electron chi connectivity index (χ4n) is 1.73. The van der Waals surface area contributed by atoms with Crippen molar-refractivity contribution in [2.24, 2.45) is 0 Å². The molecule has 84 valence electrons. The van der Waals surface area contributed by atoms with Crippen molar-refractivity contribution >= 4 is 22.6 Å². The fourth-order valence-corrected chi connectivity index (χ4v) is 1.94. The molecule has 1 aromatic carbocycles. The van der Waals surface area contributed by atoms with Crippen LogP contribution in [0.5, 0.6) is 0 Å². The molecule has 0 amide bonds. The molecule has 17 heavy (non-hydrogen) atoms. The molecule has 5 heteroatoms. The summed E-state index contributed by atoms with van der Waals surface area (Å²) in [7, 11) is 0. The molecule has 0 aliphatic rings. The number of fused-ring (bicyclic) bond motifs is 1. The van der Waals surface area contributed by atoms with E-state index in [2.05, 4.69) is 15.0 Å². The SMILES string of the molecule is O=c1cc[nH]cc1-c1nc2c(Cl)cccc2[nH]1. The smallest absolute Gasteiger partial charge is 0.192 e. The molecular formula is C12H8ClN3O. The first-order valence-corrected chi connectivity index (χ1v) is 5.45. The Bertz CT molecular complexity index is 745. The molecule has 0 saturated carbocycles. The van der Waals surface area contributed by atoms with Crippen LogP contribution < -0.4 is 5.43 Å². The Kier molecular flexibility index (Phi) is 2.23. The van der Waals surface area contributed by atoms with E-state index in [-0.39, 0.29) is 5.43 Å². The number of aromatic amines is 2. The molecular weight excluding hydrogens is 238 g/mol. The second-order valence-electron chi connectivity index (χ2n) is 3.64. The first-order chi connectivity index (χ1) is 8.25. The molecule has 0 aliphatic carbocycles. The summed E-state index contributed by atoms with van der Waals surface area (Å²) in [6.45, 7) is 0. The van der Waals surface area contributed by atoms with Crippen molar-refractivity contribution in [1.29, 1.82) is 0 Å². The molecule has 0 spiro atoms. The molecule has 0 saturated heterocycles. The lowest BCUT2D eigenvalue weighted by atomic mass is 10.2. The summed E-state index contributed by atoms with van der Waals surface area (Å²) < 4.78 is 0. The molecule has 2 aromatic heterocycles. The maximum atomic E-state index is 11.7. The van der Waals surface area contributed by atoms with Gasteiger partial charge in [0.05, 0.1) is 16.1 Å². The maximum Gasteiger partial charge on any atom is 0.192 e. The zero-order valence-corrected chi connectivity index (χ0v) is 9.45. The molecule has 0 aliphatic heterocycles. The predicted octanol–water partition coefficient (Wildman–Crippen LogP) is 2.57. The number of aromatic nitrogens is 3. The largest absolute Gasteiger partial charge is 0.367 e. The minimum atomic E-state index is -0.0843. The van der Waals surface area contributed by atoms with Crippen molar-refractivity contribution in [3.63, 3.8) is 0 Å². The first-order valence-electron chi connectivity index (χ1n) is 5.07. The summed E-state index contributed by atoms with van der Waals surface area (Å²) in [4.78, 5) is 21.9. The van der Waals surface area contributed by atoms with Gasteiger partial charge in [0.25, 0.3) is 0 Å². The number of nitrogens with zero attached hydrogens (tertiary/aromatic N) is 1. The molecule has 3 rings (SSSR count). The number of para-hydroxylation sites is 1. The number of imidazole rings is 1. The lowest BCUT2D eigenvalue weighted by Gasteiger charge is -1.92. The van der Waals surface area contributed by atoms with E-state index >= 15 is 0 Å². The minimum Gasteiger partial charge on any atom is -0.367 e. The molecule has 2 N–H and O–H groups in total. The summed E-state index contributed by atoms with van der Waals surface area (Å²) in [5.41, 5.74) is 1.90. The molecule has 0 fully saturated rings. The third-order valence-corrected chi connectivity index (χ3v) is 2.85. The lowest BCUT2D eigenvalue weighted by Crippen LogP contribution is -2.03. The second-order valence-corrected chi connectivity index (χ2v) is 4.05. The summed E-state index contributed by atoms with van der Waals surface area (Å²) in [6, 6.07) is 6.94. The van der Waals surface area contributed by atoms with Gasteiger partial charge in [-0.2, -0.15) is 0 Å². The number of H-pyrrole nitrogens is 2. The van der Waals surface area contributed by atoms with Gasteiger partial charge in [-0.25, -0.2) is 4.98 Å². The van der Waals surface area contributed by atoms with Gasteiger partial charge >= 0.3 is 0 Å². The summed E-state index contributed by atoms with van der Waals surface area (Å²) in [5, 5.41) is 0.567. The Hall–Kier alpha value is -2.07. The van der Waals surface area contributed by atoms with E-state index in [1.54, 1.807) is 18.5 Å². The van der Waals surface area contributed by atoms with E-state index < -0.39 is 0 Å². The maximum absolute atomic E-state index is 11.7. The van der Waals surface area contributed by atoms with Crippen LogP contribution in [-0.4, -0.2) is 15.0 Å². The number of pyridine rings is 1. The Labute approximate surface area is 101 Å². The average Bonchev–Trinajstić information content (AvgIpc) is 2.75. The van der Waals surface area contributed by atoms with Crippen LogP contribution in [0.3, 0.4) is 0 Å². The van der Waals surface area contributed by atoms with E-state index in [4.69, 9.17) is 11.6 Å². The van der Waals surface area contributed by atoms with Crippen molar-refractivity contribution in [1.82, 2.24) is 15.0 Å². The third kappa shape index (κ3) is 1.62. The first kappa shape index (κ1) is 10.1. The molecule has 0 atom stereocenters. The standard InChI is InChI=1S/C12H8ClN3O/c13-8-2-1-3-9-11(8)16-12(15-9)7-6-14-5-4-10(7)17/h1-6H,(H,14,17)(H,15,16). The lowest BCUT2D eigenvalue weighted by molar-refractivity contribution is 1.25. The van der Waals surface area contributed by atoms with Gasteiger partial charge in [0.15, 0.2) is 5.43 Å². The monoisotopic (exact) mass is 245 g/mol. The third-order valence-electron chi connectivity index (χ3n) is 2.54. The second kappa shape index (κ2) is 3.75. The number of hydrogen-bond donors (Lipinski definition) is 2. The summed E-state index contributed by atoms with van der Waals surface area (Å²) >= 11 is 6.03. The van der Waals surface area contributed by atoms with Gasteiger partial charge in [0, 0.05) is 18.5 Å². The van der Waals surface area contributed by atoms with Gasteiger partial charge in [-0.15, -0.1) is 0 Å². The molecule has 0 unspecified atom stereocenters. The Morgan fingerprint density at radius 1 is 1.24 bits per heavy atom. The number of nitrogens with one attached hydrogen (secondary N) is 2. The van der Waals surface area contributed by atoms with Crippen LogP contribution in [0.1, 0.15) is 0 Å². The molecule has 0 radical (unpaired) electrons. The van der Waals surface area contributed by atoms with E-state index in [1.807, 2.05) is 12.1 Å². The highest BCUT2D eigenvalue weighted by Gasteiger charge is 2.09. The molecule has 0 bridgehead atoms. The topological polar surface area (TPSA) is 61.5 Å². The van der Waals surface area contributed by atoms with Crippen LogP contribution in [0.25, 0.3) is 22.4 Å². The van der Waals surface area contributed by atoms with Gasteiger partial charge in [0.2, 0.25) is 0 Å². The zero-order valence-electron chi connectivity index (χ0n) is 8.70. The highest BCUT2D eigenvalue weighted by Crippen LogP contribution is 2.23. The van der Waals surface area contributed by atoms with Gasteiger partial charge < -0.3 is 9.97 Å². The number of benzene rings is 1. The van der Waals surface area contributed by atoms with Crippen LogP contribution in [-0.2, 0) is 0 Å². The van der Waals surface area contributed by atoms with Crippen molar-refractivity contribution in [2.45, 2.75) is 0 Å². The number of hydrogen-bond acceptors (Lipinski definition) is 2. The zero-order chi connectivity index (χ0) is 11.8. The Balaban J connectivity index is 2.30. The molecule has 2 heterocycles. The van der Waals surface area contributed by atoms with Crippen LogP contribution in [0, 0.1) is 0 Å². The van der Waals surface area contributed by atoms with Gasteiger partial charge in [0.1, 0.15) is 11.3 Å². The van der Waals surface area contributed by atoms with Crippen LogP contribution >= 0.6 is 11.6 Å². The van der Waals surface area contributed by atoms with E-state index in [0.29, 0.717) is 21.9 Å². The van der Waals surface area contributed by atoms with Crippen LogP contribution in [0.15, 0.2) is 41.5 Å². The predicted molar refractivity (Wildman–Crippen MR) is 67.2 cm³/mol. The fraction of sp³-hybridized carbons (Fsp3) is 0. The van der Waals surface area contributed by atoms with E-state index in [1.165, 1.54) is 6.07 Å². The van der Waals surface area contributed by atoms with Crippen molar-refractivity contribution < 1.29 is 0 Å². The number of rotatable bonds is 1. The molecule has 4 nitrogen and oxygen atoms in total.